The number of hydrogen-bond acceptors (Lipinski definition) is 4. The summed E-state index contributed by atoms with van der Waals surface area (Å²) in [6.07, 6.45) is -12.2. The van der Waals surface area contributed by atoms with Gasteiger partial charge in [-0.3, -0.25) is 0 Å². The van der Waals surface area contributed by atoms with Crippen LogP contribution in [0.3, 0.4) is 0 Å². The zero-order chi connectivity index (χ0) is 30.5. The van der Waals surface area contributed by atoms with Crippen molar-refractivity contribution >= 4 is 20.6 Å². The maximum absolute atomic E-state index is 14.1. The third-order valence-corrected chi connectivity index (χ3v) is 9.18. The van der Waals surface area contributed by atoms with Gasteiger partial charge in [-0.1, -0.05) is 11.8 Å². The predicted octanol–water partition coefficient (Wildman–Crippen LogP) is 8.27. The normalized spacial score (nSPS) is 15.3. The van der Waals surface area contributed by atoms with E-state index >= 15 is 0 Å². The number of hydrogen-bond donors (Lipinski definition) is 0. The average molecular weight is 635 g/mol. The first-order valence-electron chi connectivity index (χ1n) is 10.7. The van der Waals surface area contributed by atoms with Crippen LogP contribution in [0.25, 0.3) is 0 Å². The van der Waals surface area contributed by atoms with Gasteiger partial charge in [0, 0.05) is 44.5 Å². The van der Waals surface area contributed by atoms with Gasteiger partial charge in [0.15, 0.2) is 0 Å². The molecule has 0 rings (SSSR count). The molecule has 0 fully saturated rings. The van der Waals surface area contributed by atoms with Crippen molar-refractivity contribution in [1.29, 1.82) is 0 Å². The Morgan fingerprint density at radius 2 is 0.947 bits per heavy atom. The number of thioether (sulfide) groups is 1. The van der Waals surface area contributed by atoms with Crippen molar-refractivity contribution in [2.24, 2.45) is 0 Å². The lowest BCUT2D eigenvalue weighted by Gasteiger charge is -2.41. The molecule has 20 heteroatoms. The molecule has 0 radical (unpaired) electrons. The summed E-state index contributed by atoms with van der Waals surface area (Å²) >= 11 is -1.39. The Morgan fingerprint density at radius 3 is 1.32 bits per heavy atom. The molecule has 0 aromatic heterocycles. The SMILES string of the molecule is CCO[Si](CCSC(F)(F)C(F)(F)C(F)(F)C(F)(F)C(F)(F)C(F)(F)CCCC(F)(F)F)(OCC)OCC. The highest BCUT2D eigenvalue weighted by molar-refractivity contribution is 8.00. The molecule has 0 aliphatic heterocycles. The predicted molar refractivity (Wildman–Crippen MR) is 107 cm³/mol. The van der Waals surface area contributed by atoms with Crippen LogP contribution in [0.2, 0.25) is 6.04 Å². The fourth-order valence-electron chi connectivity index (χ4n) is 2.87. The van der Waals surface area contributed by atoms with E-state index in [2.05, 4.69) is 0 Å². The van der Waals surface area contributed by atoms with Crippen LogP contribution < -0.4 is 0 Å². The topological polar surface area (TPSA) is 27.7 Å². The minimum atomic E-state index is -7.84. The van der Waals surface area contributed by atoms with Gasteiger partial charge in [-0.05, 0) is 27.2 Å². The smallest absolute Gasteiger partial charge is 0.374 e. The van der Waals surface area contributed by atoms with E-state index in [0.717, 1.165) is 0 Å². The molecule has 38 heavy (non-hydrogen) atoms. The highest BCUT2D eigenvalue weighted by Crippen LogP contribution is 2.62. The fraction of sp³-hybridized carbons (Fsp3) is 1.00. The molecule has 0 heterocycles. The van der Waals surface area contributed by atoms with E-state index < -0.39 is 92.7 Å². The summed E-state index contributed by atoms with van der Waals surface area (Å²) in [4.78, 5) is 0. The summed E-state index contributed by atoms with van der Waals surface area (Å²) in [6.45, 7) is 3.78. The minimum Gasteiger partial charge on any atom is -0.374 e. The Balaban J connectivity index is 5.98. The first-order chi connectivity index (χ1) is 16.8. The first kappa shape index (κ1) is 37.4. The van der Waals surface area contributed by atoms with Gasteiger partial charge in [0.05, 0.1) is 0 Å². The Kier molecular flexibility index (Phi) is 12.7. The van der Waals surface area contributed by atoms with Crippen molar-refractivity contribution in [2.45, 2.75) is 87.1 Å². The van der Waals surface area contributed by atoms with Crippen molar-refractivity contribution in [3.05, 3.63) is 0 Å². The van der Waals surface area contributed by atoms with Crippen LogP contribution in [-0.4, -0.2) is 75.4 Å². The molecule has 0 spiro atoms. The van der Waals surface area contributed by atoms with E-state index in [-0.39, 0.29) is 19.8 Å². The molecule has 3 nitrogen and oxygen atoms in total. The largest absolute Gasteiger partial charge is 0.501 e. The zero-order valence-corrected chi connectivity index (χ0v) is 21.8. The maximum atomic E-state index is 14.1. The zero-order valence-electron chi connectivity index (χ0n) is 20.0. The first-order valence-corrected chi connectivity index (χ1v) is 13.7. The van der Waals surface area contributed by atoms with Gasteiger partial charge < -0.3 is 13.3 Å². The lowest BCUT2D eigenvalue weighted by molar-refractivity contribution is -0.416. The summed E-state index contributed by atoms with van der Waals surface area (Å²) in [7, 11) is -3.85. The number of alkyl halides is 15. The standard InChI is InChI=1S/C18H25F15O3SSi/c1-4-34-38(35-5-2,36-6-3)11-10-37-18(32,33)17(30,31)16(28,29)15(26,27)14(24,25)12(19,20)8-7-9-13(21,22)23/h4-11H2,1-3H3. The molecule has 0 unspecified atom stereocenters. The molecule has 0 aromatic carbocycles. The lowest BCUT2D eigenvalue weighted by Crippen LogP contribution is -2.70. The second kappa shape index (κ2) is 12.9. The van der Waals surface area contributed by atoms with Gasteiger partial charge in [0.2, 0.25) is 0 Å². The number of halogens is 15. The Labute approximate surface area is 213 Å². The van der Waals surface area contributed by atoms with Gasteiger partial charge in [-0.2, -0.15) is 65.9 Å². The summed E-state index contributed by atoms with van der Waals surface area (Å²) in [5, 5.41) is -6.24. The van der Waals surface area contributed by atoms with Crippen LogP contribution in [0.4, 0.5) is 65.9 Å². The van der Waals surface area contributed by atoms with E-state index in [4.69, 9.17) is 13.3 Å². The monoisotopic (exact) mass is 634 g/mol. The molecule has 0 aliphatic rings. The summed E-state index contributed by atoms with van der Waals surface area (Å²) in [5.74, 6) is -38.1. The summed E-state index contributed by atoms with van der Waals surface area (Å²) in [5.41, 5.74) is 0. The second-order valence-corrected chi connectivity index (χ2v) is 11.5. The number of rotatable bonds is 18. The van der Waals surface area contributed by atoms with Crippen molar-refractivity contribution in [3.63, 3.8) is 0 Å². The Morgan fingerprint density at radius 1 is 0.553 bits per heavy atom. The van der Waals surface area contributed by atoms with Crippen LogP contribution in [0.5, 0.6) is 0 Å². The molecule has 230 valence electrons. The quantitative estimate of drug-likeness (QED) is 0.112. The molecule has 0 bridgehead atoms. The highest BCUT2D eigenvalue weighted by Gasteiger charge is 2.90. The van der Waals surface area contributed by atoms with Crippen molar-refractivity contribution in [3.8, 4) is 0 Å². The van der Waals surface area contributed by atoms with E-state index in [1.54, 1.807) is 0 Å². The maximum Gasteiger partial charge on any atom is 0.501 e. The third kappa shape index (κ3) is 7.99. The third-order valence-electron chi connectivity index (χ3n) is 4.74. The summed E-state index contributed by atoms with van der Waals surface area (Å²) in [6, 6.07) is -0.756. The van der Waals surface area contributed by atoms with Crippen LogP contribution >= 0.6 is 11.8 Å². The van der Waals surface area contributed by atoms with Crippen molar-refractivity contribution < 1.29 is 79.1 Å². The van der Waals surface area contributed by atoms with Crippen LogP contribution in [0.15, 0.2) is 0 Å². The fourth-order valence-corrected chi connectivity index (χ4v) is 6.85. The second-order valence-electron chi connectivity index (χ2n) is 7.57. The van der Waals surface area contributed by atoms with E-state index in [0.29, 0.717) is 0 Å². The van der Waals surface area contributed by atoms with Crippen molar-refractivity contribution in [2.75, 3.05) is 25.6 Å². The van der Waals surface area contributed by atoms with Gasteiger partial charge in [-0.25, -0.2) is 0 Å². The lowest BCUT2D eigenvalue weighted by atomic mass is 9.92. The summed E-state index contributed by atoms with van der Waals surface area (Å²) < 4.78 is 219. The van der Waals surface area contributed by atoms with E-state index in [1.807, 2.05) is 0 Å². The molecule has 0 N–H and O–H groups in total. The molecule has 0 aromatic rings. The molecule has 0 saturated carbocycles. The molecule has 0 amide bonds. The molecule has 0 aliphatic carbocycles. The van der Waals surface area contributed by atoms with E-state index in [9.17, 15) is 65.9 Å². The molecular formula is C18H25F15O3SSi. The van der Waals surface area contributed by atoms with Crippen LogP contribution in [0.1, 0.15) is 40.0 Å². The van der Waals surface area contributed by atoms with Gasteiger partial charge in [0.1, 0.15) is 0 Å². The molecular weight excluding hydrogens is 609 g/mol. The van der Waals surface area contributed by atoms with Crippen LogP contribution in [-0.2, 0) is 13.3 Å². The van der Waals surface area contributed by atoms with Crippen LogP contribution in [0, 0.1) is 0 Å². The minimum absolute atomic E-state index is 0.139. The van der Waals surface area contributed by atoms with E-state index in [1.165, 1.54) is 20.8 Å². The highest BCUT2D eigenvalue weighted by atomic mass is 32.2. The van der Waals surface area contributed by atoms with Gasteiger partial charge >= 0.3 is 49.8 Å². The average Bonchev–Trinajstić information content (AvgIpc) is 2.72. The Hall–Kier alpha value is -0.603. The van der Waals surface area contributed by atoms with Crippen molar-refractivity contribution in [1.82, 2.24) is 0 Å². The van der Waals surface area contributed by atoms with Gasteiger partial charge in [-0.15, -0.1) is 0 Å². The molecule has 0 atom stereocenters. The van der Waals surface area contributed by atoms with Gasteiger partial charge in [0.25, 0.3) is 0 Å². The molecule has 0 saturated heterocycles. The Bertz CT molecular complexity index is 717.